The third-order valence-corrected chi connectivity index (χ3v) is 7.96. The first-order chi connectivity index (χ1) is 17.3. The van der Waals surface area contributed by atoms with E-state index in [1.54, 1.807) is 5.06 Å². The molecule has 3 aromatic rings. The Labute approximate surface area is 210 Å². The molecule has 7 nitrogen and oxygen atoms in total. The van der Waals surface area contributed by atoms with E-state index in [0.29, 0.717) is 6.54 Å². The Morgan fingerprint density at radius 1 is 0.972 bits per heavy atom. The van der Waals surface area contributed by atoms with Crippen LogP contribution in [0, 0.1) is 5.92 Å². The molecule has 3 heterocycles. The summed E-state index contributed by atoms with van der Waals surface area (Å²) in [5, 5.41) is 7.03. The Balaban J connectivity index is 1.39. The van der Waals surface area contributed by atoms with Crippen molar-refractivity contribution >= 4 is 28.4 Å². The van der Waals surface area contributed by atoms with Crippen molar-refractivity contribution < 1.29 is 19.2 Å². The zero-order valence-corrected chi connectivity index (χ0v) is 20.7. The van der Waals surface area contributed by atoms with Gasteiger partial charge in [0.25, 0.3) is 5.91 Å². The Bertz CT molecular complexity index is 1390. The number of benzene rings is 3. The molecule has 3 aromatic carbocycles. The van der Waals surface area contributed by atoms with Crippen LogP contribution in [-0.4, -0.2) is 51.4 Å². The molecule has 0 saturated carbocycles. The highest BCUT2D eigenvalue weighted by Gasteiger charge is 2.62. The average Bonchev–Trinajstić information content (AvgIpc) is 2.94. The lowest BCUT2D eigenvalue weighted by Crippen LogP contribution is -2.66. The molecule has 2 fully saturated rings. The number of Topliss-reactive ketones (excluding diaryl/α,β-unsaturated/α-hetero) is 1. The quantitative estimate of drug-likeness (QED) is 0.526. The summed E-state index contributed by atoms with van der Waals surface area (Å²) in [6, 6.07) is 20.8. The van der Waals surface area contributed by atoms with Crippen molar-refractivity contribution in [2.24, 2.45) is 5.92 Å². The lowest BCUT2D eigenvalue weighted by Gasteiger charge is -2.51. The molecule has 0 radical (unpaired) electrons. The van der Waals surface area contributed by atoms with Crippen molar-refractivity contribution in [3.05, 3.63) is 83.4 Å². The minimum absolute atomic E-state index is 0.0668. The van der Waals surface area contributed by atoms with E-state index in [2.05, 4.69) is 18.2 Å². The molecule has 2 saturated heterocycles. The number of fused-ring (bicyclic) bond motifs is 5. The van der Waals surface area contributed by atoms with Gasteiger partial charge in [-0.3, -0.25) is 14.4 Å². The van der Waals surface area contributed by atoms with Crippen LogP contribution in [0.3, 0.4) is 0 Å². The van der Waals surface area contributed by atoms with E-state index in [9.17, 15) is 14.4 Å². The van der Waals surface area contributed by atoms with E-state index in [-0.39, 0.29) is 30.4 Å². The number of hydrogen-bond donors (Lipinski definition) is 0. The number of amides is 2. The van der Waals surface area contributed by atoms with Gasteiger partial charge in [0.05, 0.1) is 19.1 Å². The highest BCUT2D eigenvalue weighted by atomic mass is 16.7. The molecule has 7 heteroatoms. The van der Waals surface area contributed by atoms with Crippen LogP contribution in [0.5, 0.6) is 0 Å². The normalized spacial score (nSPS) is 25.5. The number of hydroxylamine groups is 2. The van der Waals surface area contributed by atoms with Crippen LogP contribution in [0.25, 0.3) is 10.8 Å². The highest BCUT2D eigenvalue weighted by Crippen LogP contribution is 2.50. The van der Waals surface area contributed by atoms with Crippen molar-refractivity contribution in [1.82, 2.24) is 15.1 Å². The summed E-state index contributed by atoms with van der Waals surface area (Å²) in [6.45, 7) is 4.38. The SMILES string of the molecule is CON1[C@@H]2C(=O)Cc3ccccc3[C@H]1[C@@H]2C(=O)N1C(=O)CC(C)(C)N1Cc1cccc2ccccc12. The fourth-order valence-corrected chi connectivity index (χ4v) is 6.21. The lowest BCUT2D eigenvalue weighted by atomic mass is 9.77. The van der Waals surface area contributed by atoms with Crippen LogP contribution in [0.15, 0.2) is 66.7 Å². The minimum Gasteiger partial charge on any atom is -0.301 e. The van der Waals surface area contributed by atoms with Crippen LogP contribution < -0.4 is 0 Å². The van der Waals surface area contributed by atoms with Crippen molar-refractivity contribution in [1.29, 1.82) is 0 Å². The predicted octanol–water partition coefficient (Wildman–Crippen LogP) is 3.82. The average molecular weight is 484 g/mol. The number of imide groups is 1. The van der Waals surface area contributed by atoms with Gasteiger partial charge in [0.1, 0.15) is 6.04 Å². The summed E-state index contributed by atoms with van der Waals surface area (Å²) < 4.78 is 0. The largest absolute Gasteiger partial charge is 0.301 e. The zero-order chi connectivity index (χ0) is 25.2. The summed E-state index contributed by atoms with van der Waals surface area (Å²) in [4.78, 5) is 46.4. The number of nitrogens with zero attached hydrogens (tertiary/aromatic N) is 3. The first-order valence-electron chi connectivity index (χ1n) is 12.4. The van der Waals surface area contributed by atoms with Gasteiger partial charge < -0.3 is 4.84 Å². The molecule has 36 heavy (non-hydrogen) atoms. The van der Waals surface area contributed by atoms with Gasteiger partial charge in [0.2, 0.25) is 5.91 Å². The van der Waals surface area contributed by atoms with Crippen LogP contribution >= 0.6 is 0 Å². The second-order valence-corrected chi connectivity index (χ2v) is 10.5. The number of ketones is 1. The van der Waals surface area contributed by atoms with Gasteiger partial charge in [0, 0.05) is 24.9 Å². The van der Waals surface area contributed by atoms with Gasteiger partial charge in [-0.1, -0.05) is 66.7 Å². The molecule has 0 unspecified atom stereocenters. The van der Waals surface area contributed by atoms with E-state index in [4.69, 9.17) is 4.84 Å². The summed E-state index contributed by atoms with van der Waals surface area (Å²) in [6.07, 6.45) is 0.476. The third kappa shape index (κ3) is 3.34. The van der Waals surface area contributed by atoms with Gasteiger partial charge in [0.15, 0.2) is 5.78 Å². The van der Waals surface area contributed by atoms with Crippen molar-refractivity contribution in [2.75, 3.05) is 7.11 Å². The monoisotopic (exact) mass is 483 g/mol. The minimum atomic E-state index is -0.712. The number of hydrazine groups is 1. The van der Waals surface area contributed by atoms with Gasteiger partial charge in [-0.25, -0.2) is 10.0 Å². The summed E-state index contributed by atoms with van der Waals surface area (Å²) in [5.41, 5.74) is 2.31. The van der Waals surface area contributed by atoms with Gasteiger partial charge >= 0.3 is 0 Å². The van der Waals surface area contributed by atoms with E-state index in [0.717, 1.165) is 27.5 Å². The fourth-order valence-electron chi connectivity index (χ4n) is 6.21. The molecule has 0 aromatic heterocycles. The van der Waals surface area contributed by atoms with E-state index < -0.39 is 23.5 Å². The Morgan fingerprint density at radius 3 is 2.50 bits per heavy atom. The molecule has 2 bridgehead atoms. The molecule has 3 atom stereocenters. The topological polar surface area (TPSA) is 70.2 Å². The molecule has 3 aliphatic rings. The van der Waals surface area contributed by atoms with Crippen molar-refractivity contribution in [3.63, 3.8) is 0 Å². The standard InChI is InChI=1S/C29H29N3O4/c1-29(2)16-24(34)31(30(29)17-20-12-8-11-18-9-4-6-13-21(18)20)28(35)25-26-22-14-7-5-10-19(22)15-23(33)27(25)32(26)36-3/h4-14,25-27H,15-17H2,1-3H3/t25-,26-,27+/m0/s1. The molecule has 0 aliphatic carbocycles. The molecule has 0 spiro atoms. The fraction of sp³-hybridized carbons (Fsp3) is 0.345. The van der Waals surface area contributed by atoms with Crippen molar-refractivity contribution in [2.45, 2.75) is 50.9 Å². The third-order valence-electron chi connectivity index (χ3n) is 7.96. The molecule has 3 aliphatic heterocycles. The van der Waals surface area contributed by atoms with E-state index in [1.807, 2.05) is 67.4 Å². The van der Waals surface area contributed by atoms with Crippen molar-refractivity contribution in [3.8, 4) is 0 Å². The van der Waals surface area contributed by atoms with Crippen LogP contribution in [0.1, 0.15) is 43.0 Å². The van der Waals surface area contributed by atoms with Crippen LogP contribution in [0.2, 0.25) is 0 Å². The Kier molecular flexibility index (Phi) is 5.33. The Morgan fingerprint density at radius 2 is 1.69 bits per heavy atom. The highest BCUT2D eigenvalue weighted by molar-refractivity contribution is 6.03. The molecule has 2 amide bonds. The molecular formula is C29H29N3O4. The maximum Gasteiger partial charge on any atom is 0.251 e. The molecular weight excluding hydrogens is 454 g/mol. The first-order valence-corrected chi connectivity index (χ1v) is 12.4. The maximum atomic E-state index is 14.2. The van der Waals surface area contributed by atoms with E-state index >= 15 is 0 Å². The van der Waals surface area contributed by atoms with Gasteiger partial charge in [-0.15, -0.1) is 0 Å². The summed E-state index contributed by atoms with van der Waals surface area (Å²) in [5.74, 6) is -1.32. The van der Waals surface area contributed by atoms with Gasteiger partial charge in [-0.2, -0.15) is 5.06 Å². The second-order valence-electron chi connectivity index (χ2n) is 10.5. The number of hydrogen-bond acceptors (Lipinski definition) is 6. The number of carbonyl (C=O) groups excluding carboxylic acids is 3. The maximum absolute atomic E-state index is 14.2. The predicted molar refractivity (Wildman–Crippen MR) is 134 cm³/mol. The van der Waals surface area contributed by atoms with E-state index in [1.165, 1.54) is 12.1 Å². The first kappa shape index (κ1) is 23.0. The summed E-state index contributed by atoms with van der Waals surface area (Å²) >= 11 is 0. The Hall–Kier alpha value is -3.39. The van der Waals surface area contributed by atoms with Crippen LogP contribution in [-0.2, 0) is 32.2 Å². The molecule has 0 N–H and O–H groups in total. The zero-order valence-electron chi connectivity index (χ0n) is 20.7. The summed E-state index contributed by atoms with van der Waals surface area (Å²) in [7, 11) is 1.53. The second kappa shape index (κ2) is 8.34. The lowest BCUT2D eigenvalue weighted by molar-refractivity contribution is -0.272. The smallest absolute Gasteiger partial charge is 0.251 e. The van der Waals surface area contributed by atoms with Crippen LogP contribution in [0.4, 0.5) is 0 Å². The number of carbonyl (C=O) groups is 3. The number of rotatable bonds is 4. The van der Waals surface area contributed by atoms with Gasteiger partial charge in [-0.05, 0) is 41.3 Å². The molecule has 6 rings (SSSR count). The molecule has 184 valence electrons.